The summed E-state index contributed by atoms with van der Waals surface area (Å²) >= 11 is 0. The SMILES string of the molecule is CCCNC(=O)Nc1ncc(C(=O)O)o1. The molecule has 0 aliphatic carbocycles. The summed E-state index contributed by atoms with van der Waals surface area (Å²) in [6.45, 7) is 2.44. The normalized spacial score (nSPS) is 9.67. The fraction of sp³-hybridized carbons (Fsp3) is 0.375. The van der Waals surface area contributed by atoms with Gasteiger partial charge in [0, 0.05) is 6.54 Å². The Kier molecular flexibility index (Phi) is 3.67. The van der Waals surface area contributed by atoms with Crippen molar-refractivity contribution in [1.82, 2.24) is 10.3 Å². The number of aromatic nitrogens is 1. The Morgan fingerprint density at radius 1 is 1.60 bits per heavy atom. The first-order chi connectivity index (χ1) is 7.13. The van der Waals surface area contributed by atoms with Crippen LogP contribution < -0.4 is 10.6 Å². The number of carbonyl (C=O) groups excluding carboxylic acids is 1. The molecule has 0 aliphatic heterocycles. The van der Waals surface area contributed by atoms with Gasteiger partial charge in [0.2, 0.25) is 5.76 Å². The zero-order valence-electron chi connectivity index (χ0n) is 8.11. The molecule has 0 atom stereocenters. The number of nitrogens with one attached hydrogen (secondary N) is 2. The molecular weight excluding hydrogens is 202 g/mol. The Hall–Kier alpha value is -2.05. The molecule has 1 aromatic rings. The summed E-state index contributed by atoms with van der Waals surface area (Å²) in [4.78, 5) is 25.1. The van der Waals surface area contributed by atoms with E-state index in [4.69, 9.17) is 9.52 Å². The van der Waals surface area contributed by atoms with Crippen molar-refractivity contribution in [1.29, 1.82) is 0 Å². The number of amides is 2. The van der Waals surface area contributed by atoms with E-state index in [0.29, 0.717) is 6.54 Å². The molecule has 0 unspecified atom stereocenters. The first-order valence-corrected chi connectivity index (χ1v) is 4.37. The van der Waals surface area contributed by atoms with Crippen LogP contribution in [0.4, 0.5) is 10.8 Å². The van der Waals surface area contributed by atoms with Crippen molar-refractivity contribution in [2.75, 3.05) is 11.9 Å². The van der Waals surface area contributed by atoms with Crippen LogP contribution in [0.1, 0.15) is 23.9 Å². The van der Waals surface area contributed by atoms with Gasteiger partial charge in [-0.05, 0) is 6.42 Å². The van der Waals surface area contributed by atoms with Crippen LogP contribution >= 0.6 is 0 Å². The van der Waals surface area contributed by atoms with Gasteiger partial charge in [0.05, 0.1) is 6.20 Å². The molecule has 0 bridgehead atoms. The molecule has 0 aromatic carbocycles. The van der Waals surface area contributed by atoms with Crippen molar-refractivity contribution in [3.8, 4) is 0 Å². The second-order valence-electron chi connectivity index (χ2n) is 2.72. The molecule has 0 aliphatic rings. The summed E-state index contributed by atoms with van der Waals surface area (Å²) < 4.78 is 4.71. The van der Waals surface area contributed by atoms with Crippen LogP contribution in [0.25, 0.3) is 0 Å². The molecule has 0 radical (unpaired) electrons. The smallest absolute Gasteiger partial charge is 0.373 e. The van der Waals surface area contributed by atoms with Gasteiger partial charge in [0.1, 0.15) is 0 Å². The summed E-state index contributed by atoms with van der Waals surface area (Å²) in [6.07, 6.45) is 1.83. The molecule has 1 heterocycles. The first-order valence-electron chi connectivity index (χ1n) is 4.37. The van der Waals surface area contributed by atoms with Crippen molar-refractivity contribution in [2.24, 2.45) is 0 Å². The zero-order valence-corrected chi connectivity index (χ0v) is 8.11. The van der Waals surface area contributed by atoms with Gasteiger partial charge < -0.3 is 14.8 Å². The van der Waals surface area contributed by atoms with E-state index >= 15 is 0 Å². The summed E-state index contributed by atoms with van der Waals surface area (Å²) in [5.74, 6) is -1.55. The second-order valence-corrected chi connectivity index (χ2v) is 2.72. The Morgan fingerprint density at radius 2 is 2.33 bits per heavy atom. The van der Waals surface area contributed by atoms with Crippen molar-refractivity contribution in [3.05, 3.63) is 12.0 Å². The van der Waals surface area contributed by atoms with E-state index in [1.54, 1.807) is 0 Å². The summed E-state index contributed by atoms with van der Waals surface area (Å²) in [6, 6.07) is -0.614. The van der Waals surface area contributed by atoms with E-state index in [9.17, 15) is 9.59 Å². The van der Waals surface area contributed by atoms with Gasteiger partial charge in [-0.1, -0.05) is 6.92 Å². The highest BCUT2D eigenvalue weighted by Crippen LogP contribution is 2.07. The molecule has 0 spiro atoms. The molecule has 7 heteroatoms. The zero-order chi connectivity index (χ0) is 11.3. The first kappa shape index (κ1) is 11.0. The van der Waals surface area contributed by atoms with Crippen LogP contribution in [0.3, 0.4) is 0 Å². The number of carboxylic acids is 1. The molecule has 1 aromatic heterocycles. The molecule has 7 nitrogen and oxygen atoms in total. The number of oxazole rings is 1. The standard InChI is InChI=1S/C8H11N3O4/c1-2-3-9-7(14)11-8-10-4-5(15-8)6(12)13/h4H,2-3H2,1H3,(H,12,13)(H2,9,10,11,14). The van der Waals surface area contributed by atoms with Gasteiger partial charge in [-0.3, -0.25) is 5.32 Å². The molecule has 82 valence electrons. The molecule has 15 heavy (non-hydrogen) atoms. The topological polar surface area (TPSA) is 104 Å². The number of aromatic carboxylic acids is 1. The molecule has 2 amide bonds. The van der Waals surface area contributed by atoms with E-state index in [0.717, 1.165) is 12.6 Å². The number of hydrogen-bond donors (Lipinski definition) is 3. The number of anilines is 1. The number of carbonyl (C=O) groups is 2. The lowest BCUT2D eigenvalue weighted by Crippen LogP contribution is -2.29. The Morgan fingerprint density at radius 3 is 2.87 bits per heavy atom. The summed E-state index contributed by atoms with van der Waals surface area (Å²) in [5, 5.41) is 13.3. The average Bonchev–Trinajstić information content (AvgIpc) is 2.63. The van der Waals surface area contributed by atoms with E-state index < -0.39 is 12.0 Å². The van der Waals surface area contributed by atoms with Crippen molar-refractivity contribution < 1.29 is 19.1 Å². The monoisotopic (exact) mass is 213 g/mol. The van der Waals surface area contributed by atoms with Crippen molar-refractivity contribution in [2.45, 2.75) is 13.3 Å². The van der Waals surface area contributed by atoms with E-state index in [1.807, 2.05) is 6.92 Å². The predicted octanol–water partition coefficient (Wildman–Crippen LogP) is 0.904. The Balaban J connectivity index is 2.50. The van der Waals surface area contributed by atoms with E-state index in [-0.39, 0.29) is 11.8 Å². The fourth-order valence-corrected chi connectivity index (χ4v) is 0.811. The minimum absolute atomic E-state index is 0.138. The van der Waals surface area contributed by atoms with Crippen LogP contribution in [0.2, 0.25) is 0 Å². The minimum Gasteiger partial charge on any atom is -0.475 e. The minimum atomic E-state index is -1.23. The van der Waals surface area contributed by atoms with Crippen LogP contribution in [0.15, 0.2) is 10.6 Å². The molecule has 0 saturated heterocycles. The molecule has 3 N–H and O–H groups in total. The lowest BCUT2D eigenvalue weighted by Gasteiger charge is -2.01. The van der Waals surface area contributed by atoms with Crippen LogP contribution in [0, 0.1) is 0 Å². The van der Waals surface area contributed by atoms with Crippen molar-refractivity contribution >= 4 is 18.0 Å². The quantitative estimate of drug-likeness (QED) is 0.689. The van der Waals surface area contributed by atoms with Crippen LogP contribution in [0.5, 0.6) is 0 Å². The van der Waals surface area contributed by atoms with Crippen molar-refractivity contribution in [3.63, 3.8) is 0 Å². The van der Waals surface area contributed by atoms with Gasteiger partial charge in [-0.2, -0.15) is 0 Å². The highest BCUT2D eigenvalue weighted by atomic mass is 16.4. The summed E-state index contributed by atoms with van der Waals surface area (Å²) in [7, 11) is 0. The summed E-state index contributed by atoms with van der Waals surface area (Å²) in [5.41, 5.74) is 0. The number of carboxylic acid groups (broad SMARTS) is 1. The lowest BCUT2D eigenvalue weighted by molar-refractivity contribution is 0.0663. The van der Waals surface area contributed by atoms with E-state index in [2.05, 4.69) is 15.6 Å². The Labute approximate surface area is 85.5 Å². The van der Waals surface area contributed by atoms with Crippen LogP contribution in [-0.4, -0.2) is 28.6 Å². The third-order valence-electron chi connectivity index (χ3n) is 1.47. The number of rotatable bonds is 4. The second kappa shape index (κ2) is 4.99. The maximum atomic E-state index is 11.1. The highest BCUT2D eigenvalue weighted by Gasteiger charge is 2.11. The van der Waals surface area contributed by atoms with E-state index in [1.165, 1.54) is 0 Å². The molecular formula is C8H11N3O4. The average molecular weight is 213 g/mol. The van der Waals surface area contributed by atoms with Gasteiger partial charge in [-0.15, -0.1) is 0 Å². The largest absolute Gasteiger partial charge is 0.475 e. The third kappa shape index (κ3) is 3.29. The number of urea groups is 1. The van der Waals surface area contributed by atoms with Gasteiger partial charge in [0.15, 0.2) is 0 Å². The van der Waals surface area contributed by atoms with Crippen LogP contribution in [-0.2, 0) is 0 Å². The molecule has 1 rings (SSSR count). The van der Waals surface area contributed by atoms with Gasteiger partial charge in [0.25, 0.3) is 0 Å². The number of hydrogen-bond acceptors (Lipinski definition) is 4. The van der Waals surface area contributed by atoms with Gasteiger partial charge in [-0.25, -0.2) is 14.6 Å². The third-order valence-corrected chi connectivity index (χ3v) is 1.47. The highest BCUT2D eigenvalue weighted by molar-refractivity contribution is 5.88. The Bertz CT molecular complexity index is 361. The molecule has 0 fully saturated rings. The number of nitrogens with zero attached hydrogens (tertiary/aromatic N) is 1. The lowest BCUT2D eigenvalue weighted by atomic mass is 10.5. The fourth-order valence-electron chi connectivity index (χ4n) is 0.811. The predicted molar refractivity (Wildman–Crippen MR) is 50.8 cm³/mol. The maximum Gasteiger partial charge on any atom is 0.373 e. The van der Waals surface area contributed by atoms with Gasteiger partial charge >= 0.3 is 18.0 Å². The molecule has 0 saturated carbocycles. The maximum absolute atomic E-state index is 11.1.